The summed E-state index contributed by atoms with van der Waals surface area (Å²) < 4.78 is 39.3. The fourth-order valence-corrected chi connectivity index (χ4v) is 1.53. The zero-order valence-electron chi connectivity index (χ0n) is 9.55. The molecule has 3 N–H and O–H groups in total. The van der Waals surface area contributed by atoms with Crippen molar-refractivity contribution in [3.8, 4) is 6.07 Å². The molecule has 0 aliphatic rings. The van der Waals surface area contributed by atoms with Crippen molar-refractivity contribution in [2.75, 3.05) is 11.1 Å². The highest BCUT2D eigenvalue weighted by Crippen LogP contribution is 2.26. The van der Waals surface area contributed by atoms with Gasteiger partial charge in [-0.3, -0.25) is 0 Å². The normalized spacial score (nSPS) is 10.0. The van der Waals surface area contributed by atoms with E-state index < -0.39 is 17.5 Å². The van der Waals surface area contributed by atoms with Gasteiger partial charge >= 0.3 is 0 Å². The van der Waals surface area contributed by atoms with Crippen molar-refractivity contribution < 1.29 is 13.2 Å². The second-order valence-corrected chi connectivity index (χ2v) is 3.76. The SMILES string of the molecule is N#Cc1cc(N)ccc1Nc1ccc(F)c(F)c1F. The maximum absolute atomic E-state index is 13.5. The van der Waals surface area contributed by atoms with E-state index in [0.717, 1.165) is 12.1 Å². The minimum absolute atomic E-state index is 0.170. The molecular formula is C13H8F3N3. The third-order valence-electron chi connectivity index (χ3n) is 2.47. The molecule has 0 bridgehead atoms. The Balaban J connectivity index is 2.43. The summed E-state index contributed by atoms with van der Waals surface area (Å²) in [6.07, 6.45) is 0. The van der Waals surface area contributed by atoms with Gasteiger partial charge < -0.3 is 11.1 Å². The molecule has 19 heavy (non-hydrogen) atoms. The molecule has 0 amide bonds. The molecule has 2 rings (SSSR count). The van der Waals surface area contributed by atoms with Gasteiger partial charge in [-0.05, 0) is 30.3 Å². The topological polar surface area (TPSA) is 61.8 Å². The van der Waals surface area contributed by atoms with Crippen LogP contribution in [0.1, 0.15) is 5.56 Å². The van der Waals surface area contributed by atoms with Crippen LogP contribution in [0.3, 0.4) is 0 Å². The lowest BCUT2D eigenvalue weighted by atomic mass is 10.1. The summed E-state index contributed by atoms with van der Waals surface area (Å²) in [6.45, 7) is 0. The molecule has 0 saturated heterocycles. The molecule has 0 aliphatic carbocycles. The predicted octanol–water partition coefficient (Wildman–Crippen LogP) is 3.30. The van der Waals surface area contributed by atoms with E-state index in [1.165, 1.54) is 18.2 Å². The van der Waals surface area contributed by atoms with Crippen LogP contribution in [0.15, 0.2) is 30.3 Å². The summed E-state index contributed by atoms with van der Waals surface area (Å²) >= 11 is 0. The van der Waals surface area contributed by atoms with Gasteiger partial charge in [-0.1, -0.05) is 0 Å². The third-order valence-corrected chi connectivity index (χ3v) is 2.47. The van der Waals surface area contributed by atoms with Gasteiger partial charge in [0.1, 0.15) is 6.07 Å². The van der Waals surface area contributed by atoms with Crippen LogP contribution in [0.4, 0.5) is 30.2 Å². The van der Waals surface area contributed by atoms with Gasteiger partial charge in [0.2, 0.25) is 0 Å². The number of nitrogen functional groups attached to an aromatic ring is 1. The van der Waals surface area contributed by atoms with Crippen molar-refractivity contribution in [1.29, 1.82) is 5.26 Å². The Labute approximate surface area is 107 Å². The van der Waals surface area contributed by atoms with Gasteiger partial charge in [-0.15, -0.1) is 0 Å². The van der Waals surface area contributed by atoms with E-state index in [0.29, 0.717) is 5.69 Å². The molecule has 0 fully saturated rings. The van der Waals surface area contributed by atoms with Gasteiger partial charge in [0, 0.05) is 5.69 Å². The first kappa shape index (κ1) is 12.8. The zero-order valence-corrected chi connectivity index (χ0v) is 9.55. The van der Waals surface area contributed by atoms with Crippen LogP contribution in [-0.4, -0.2) is 0 Å². The van der Waals surface area contributed by atoms with Crippen LogP contribution in [-0.2, 0) is 0 Å². The summed E-state index contributed by atoms with van der Waals surface area (Å²) in [5, 5.41) is 11.4. The minimum Gasteiger partial charge on any atom is -0.399 e. The molecule has 0 radical (unpaired) electrons. The second kappa shape index (κ2) is 4.90. The predicted molar refractivity (Wildman–Crippen MR) is 65.2 cm³/mol. The first-order valence-electron chi connectivity index (χ1n) is 5.23. The summed E-state index contributed by atoms with van der Waals surface area (Å²) in [7, 11) is 0. The van der Waals surface area contributed by atoms with Crippen LogP contribution in [0.5, 0.6) is 0 Å². The molecule has 0 aliphatic heterocycles. The van der Waals surface area contributed by atoms with Gasteiger partial charge in [-0.2, -0.15) is 5.26 Å². The first-order valence-corrected chi connectivity index (χ1v) is 5.23. The lowest BCUT2D eigenvalue weighted by molar-refractivity contribution is 0.449. The van der Waals surface area contributed by atoms with E-state index in [9.17, 15) is 13.2 Å². The second-order valence-electron chi connectivity index (χ2n) is 3.76. The lowest BCUT2D eigenvalue weighted by Gasteiger charge is -2.10. The molecule has 2 aromatic carbocycles. The van der Waals surface area contributed by atoms with E-state index >= 15 is 0 Å². The Morgan fingerprint density at radius 3 is 2.37 bits per heavy atom. The van der Waals surface area contributed by atoms with Crippen molar-refractivity contribution in [3.05, 3.63) is 53.3 Å². The van der Waals surface area contributed by atoms with Crippen LogP contribution in [0.25, 0.3) is 0 Å². The van der Waals surface area contributed by atoms with Crippen molar-refractivity contribution in [2.45, 2.75) is 0 Å². The van der Waals surface area contributed by atoms with Crippen molar-refractivity contribution in [1.82, 2.24) is 0 Å². The number of nitrogens with zero attached hydrogens (tertiary/aromatic N) is 1. The van der Waals surface area contributed by atoms with Crippen LogP contribution >= 0.6 is 0 Å². The minimum atomic E-state index is -1.57. The molecule has 0 spiro atoms. The average molecular weight is 263 g/mol. The highest BCUT2D eigenvalue weighted by atomic mass is 19.2. The molecule has 0 saturated carbocycles. The number of hydrogen-bond donors (Lipinski definition) is 2. The number of benzene rings is 2. The van der Waals surface area contributed by atoms with Crippen molar-refractivity contribution in [2.24, 2.45) is 0 Å². The Kier molecular flexibility index (Phi) is 3.29. The number of nitrogens with one attached hydrogen (secondary N) is 1. The van der Waals surface area contributed by atoms with Crippen LogP contribution in [0.2, 0.25) is 0 Å². The molecular weight excluding hydrogens is 255 g/mol. The van der Waals surface area contributed by atoms with E-state index in [4.69, 9.17) is 11.0 Å². The van der Waals surface area contributed by atoms with E-state index in [2.05, 4.69) is 5.32 Å². The van der Waals surface area contributed by atoms with Gasteiger partial charge in [0.15, 0.2) is 17.5 Å². The highest BCUT2D eigenvalue weighted by Gasteiger charge is 2.14. The average Bonchev–Trinajstić information content (AvgIpc) is 2.41. The van der Waals surface area contributed by atoms with Crippen LogP contribution in [0, 0.1) is 28.8 Å². The maximum atomic E-state index is 13.5. The monoisotopic (exact) mass is 263 g/mol. The molecule has 0 heterocycles. The van der Waals surface area contributed by atoms with Gasteiger partial charge in [-0.25, -0.2) is 13.2 Å². The Morgan fingerprint density at radius 1 is 1.00 bits per heavy atom. The number of rotatable bonds is 2. The van der Waals surface area contributed by atoms with Crippen molar-refractivity contribution >= 4 is 17.1 Å². The summed E-state index contributed by atoms with van der Waals surface area (Å²) in [4.78, 5) is 0. The molecule has 0 atom stereocenters. The number of halogens is 3. The Hall–Kier alpha value is -2.68. The molecule has 96 valence electrons. The summed E-state index contributed by atoms with van der Waals surface area (Å²) in [5.41, 5.74) is 6.03. The van der Waals surface area contributed by atoms with Crippen molar-refractivity contribution in [3.63, 3.8) is 0 Å². The maximum Gasteiger partial charge on any atom is 0.196 e. The Morgan fingerprint density at radius 2 is 1.68 bits per heavy atom. The number of anilines is 3. The lowest BCUT2D eigenvalue weighted by Crippen LogP contribution is -2.00. The summed E-state index contributed by atoms with van der Waals surface area (Å²) in [5.74, 6) is -4.19. The quantitative estimate of drug-likeness (QED) is 0.645. The first-order chi connectivity index (χ1) is 9.02. The Bertz CT molecular complexity index is 678. The molecule has 2 aromatic rings. The highest BCUT2D eigenvalue weighted by molar-refractivity contribution is 5.69. The molecule has 6 heteroatoms. The number of nitriles is 1. The number of hydrogen-bond acceptors (Lipinski definition) is 3. The fraction of sp³-hybridized carbons (Fsp3) is 0. The molecule has 3 nitrogen and oxygen atoms in total. The van der Waals surface area contributed by atoms with Gasteiger partial charge in [0.05, 0.1) is 16.9 Å². The smallest absolute Gasteiger partial charge is 0.196 e. The van der Waals surface area contributed by atoms with Gasteiger partial charge in [0.25, 0.3) is 0 Å². The number of nitrogens with two attached hydrogens (primary N) is 1. The van der Waals surface area contributed by atoms with E-state index in [1.807, 2.05) is 6.07 Å². The molecule has 0 unspecified atom stereocenters. The fourth-order valence-electron chi connectivity index (χ4n) is 1.53. The zero-order chi connectivity index (χ0) is 14.0. The molecule has 0 aromatic heterocycles. The van der Waals surface area contributed by atoms with E-state index in [1.54, 1.807) is 0 Å². The van der Waals surface area contributed by atoms with Crippen LogP contribution < -0.4 is 11.1 Å². The third kappa shape index (κ3) is 2.45. The summed E-state index contributed by atoms with van der Waals surface area (Å²) in [6, 6.07) is 8.05. The van der Waals surface area contributed by atoms with E-state index in [-0.39, 0.29) is 16.9 Å². The standard InChI is InChI=1S/C13H8F3N3/c14-9-2-4-11(13(16)12(9)15)19-10-3-1-8(18)5-7(10)6-17/h1-5,19H,18H2. The largest absolute Gasteiger partial charge is 0.399 e.